The van der Waals surface area contributed by atoms with Crippen molar-refractivity contribution in [2.75, 3.05) is 14.2 Å². The van der Waals surface area contributed by atoms with Crippen LogP contribution in [0.3, 0.4) is 0 Å². The van der Waals surface area contributed by atoms with Crippen molar-refractivity contribution in [3.05, 3.63) is 86.7 Å². The third-order valence-electron chi connectivity index (χ3n) is 4.97. The summed E-state index contributed by atoms with van der Waals surface area (Å²) in [5, 5.41) is 0.399. The summed E-state index contributed by atoms with van der Waals surface area (Å²) in [4.78, 5) is 25.8. The van der Waals surface area contributed by atoms with Gasteiger partial charge < -0.3 is 18.6 Å². The molecule has 1 heterocycles. The molecule has 162 valence electrons. The van der Waals surface area contributed by atoms with Crippen molar-refractivity contribution in [2.24, 2.45) is 0 Å². The summed E-state index contributed by atoms with van der Waals surface area (Å²) in [6.07, 6.45) is 0. The van der Waals surface area contributed by atoms with Gasteiger partial charge in [-0.05, 0) is 48.9 Å². The number of benzene rings is 3. The van der Waals surface area contributed by atoms with Crippen LogP contribution in [0.25, 0.3) is 22.1 Å². The summed E-state index contributed by atoms with van der Waals surface area (Å²) >= 11 is 3.40. The first-order valence-electron chi connectivity index (χ1n) is 9.68. The molecule has 0 aliphatic carbocycles. The largest absolute Gasteiger partial charge is 0.497 e. The monoisotopic (exact) mass is 494 g/mol. The molecule has 0 atom stereocenters. The molecule has 0 aliphatic rings. The fraction of sp³-hybridized carbons (Fsp3) is 0.120. The number of carbonyl (C=O) groups is 1. The van der Waals surface area contributed by atoms with Crippen LogP contribution in [0.15, 0.2) is 74.3 Å². The second-order valence-electron chi connectivity index (χ2n) is 7.02. The van der Waals surface area contributed by atoms with E-state index in [1.165, 1.54) is 20.3 Å². The number of fused-ring (bicyclic) bond motifs is 1. The second-order valence-corrected chi connectivity index (χ2v) is 7.93. The topological polar surface area (TPSA) is 75.0 Å². The van der Waals surface area contributed by atoms with Gasteiger partial charge in [-0.15, -0.1) is 0 Å². The Kier molecular flexibility index (Phi) is 6.01. The maximum atomic E-state index is 13.1. The molecule has 32 heavy (non-hydrogen) atoms. The lowest BCUT2D eigenvalue weighted by Crippen LogP contribution is -2.10. The van der Waals surface area contributed by atoms with E-state index in [1.54, 1.807) is 37.3 Å². The Labute approximate surface area is 192 Å². The Bertz CT molecular complexity index is 1350. The molecular formula is C25H19BrO6. The molecule has 0 fully saturated rings. The van der Waals surface area contributed by atoms with Gasteiger partial charge in [-0.1, -0.05) is 28.1 Å². The van der Waals surface area contributed by atoms with Crippen LogP contribution in [0.1, 0.15) is 16.1 Å². The van der Waals surface area contributed by atoms with Crippen LogP contribution < -0.4 is 19.6 Å². The number of hydrogen-bond donors (Lipinski definition) is 0. The quantitative estimate of drug-likeness (QED) is 0.259. The van der Waals surface area contributed by atoms with E-state index in [0.29, 0.717) is 33.8 Å². The number of esters is 1. The zero-order valence-electron chi connectivity index (χ0n) is 17.6. The van der Waals surface area contributed by atoms with Crippen LogP contribution in [0.5, 0.6) is 17.2 Å². The van der Waals surface area contributed by atoms with Crippen LogP contribution in [0.4, 0.5) is 0 Å². The lowest BCUT2D eigenvalue weighted by molar-refractivity contribution is 0.0734. The maximum absolute atomic E-state index is 13.1. The molecule has 6 nitrogen and oxygen atoms in total. The molecule has 4 aromatic rings. The fourth-order valence-corrected chi connectivity index (χ4v) is 3.66. The van der Waals surface area contributed by atoms with Gasteiger partial charge in [-0.2, -0.15) is 0 Å². The number of ether oxygens (including phenoxy) is 3. The Balaban J connectivity index is 1.69. The summed E-state index contributed by atoms with van der Waals surface area (Å²) in [5.74, 6) is 1.08. The zero-order valence-corrected chi connectivity index (χ0v) is 19.2. The van der Waals surface area contributed by atoms with E-state index in [-0.39, 0.29) is 16.7 Å². The van der Waals surface area contributed by atoms with Crippen LogP contribution in [-0.4, -0.2) is 20.2 Å². The number of carbonyl (C=O) groups excluding carboxylic acids is 1. The number of halogens is 1. The van der Waals surface area contributed by atoms with Gasteiger partial charge in [0.2, 0.25) is 5.43 Å². The maximum Gasteiger partial charge on any atom is 0.343 e. The minimum atomic E-state index is -0.591. The first-order valence-corrected chi connectivity index (χ1v) is 10.5. The number of aryl methyl sites for hydroxylation is 1. The van der Waals surface area contributed by atoms with E-state index in [1.807, 2.05) is 24.3 Å². The minimum Gasteiger partial charge on any atom is -0.497 e. The molecule has 0 spiro atoms. The molecule has 4 rings (SSSR count). The summed E-state index contributed by atoms with van der Waals surface area (Å²) < 4.78 is 22.7. The van der Waals surface area contributed by atoms with E-state index in [4.69, 9.17) is 18.6 Å². The first kappa shape index (κ1) is 21.6. The van der Waals surface area contributed by atoms with E-state index >= 15 is 0 Å². The van der Waals surface area contributed by atoms with Gasteiger partial charge in [0.1, 0.15) is 28.6 Å². The van der Waals surface area contributed by atoms with Crippen molar-refractivity contribution in [3.8, 4) is 28.4 Å². The summed E-state index contributed by atoms with van der Waals surface area (Å²) in [6, 6.07) is 16.9. The normalized spacial score (nSPS) is 10.8. The molecule has 0 aliphatic heterocycles. The van der Waals surface area contributed by atoms with Gasteiger partial charge in [0.15, 0.2) is 0 Å². The predicted octanol–water partition coefficient (Wildman–Crippen LogP) is 5.77. The third kappa shape index (κ3) is 4.24. The number of rotatable bonds is 5. The second kappa shape index (κ2) is 8.88. The smallest absolute Gasteiger partial charge is 0.343 e. The van der Waals surface area contributed by atoms with E-state index in [0.717, 1.165) is 10.0 Å². The van der Waals surface area contributed by atoms with Gasteiger partial charge in [0.05, 0.1) is 30.7 Å². The Morgan fingerprint density at radius 3 is 2.16 bits per heavy atom. The highest BCUT2D eigenvalue weighted by Gasteiger charge is 2.16. The van der Waals surface area contributed by atoms with Crippen molar-refractivity contribution < 1.29 is 23.4 Å². The SMILES string of the molecule is COc1cc(OC)cc(C(=O)Oc2ccc3c(=O)c(-c4ccc(Br)cc4)c(C)oc3c2)c1. The summed E-state index contributed by atoms with van der Waals surface area (Å²) in [7, 11) is 3.00. The highest BCUT2D eigenvalue weighted by molar-refractivity contribution is 9.10. The molecule has 0 bridgehead atoms. The molecular weight excluding hydrogens is 476 g/mol. The zero-order chi connectivity index (χ0) is 22.8. The summed E-state index contributed by atoms with van der Waals surface area (Å²) in [6.45, 7) is 1.74. The van der Waals surface area contributed by atoms with Gasteiger partial charge in [0.25, 0.3) is 0 Å². The molecule has 0 radical (unpaired) electrons. The molecule has 0 saturated heterocycles. The number of hydrogen-bond acceptors (Lipinski definition) is 6. The van der Waals surface area contributed by atoms with Crippen LogP contribution in [0.2, 0.25) is 0 Å². The first-order chi connectivity index (χ1) is 15.4. The lowest BCUT2D eigenvalue weighted by atomic mass is 10.0. The van der Waals surface area contributed by atoms with Crippen molar-refractivity contribution in [1.82, 2.24) is 0 Å². The number of methoxy groups -OCH3 is 2. The Morgan fingerprint density at radius 2 is 1.53 bits per heavy atom. The van der Waals surface area contributed by atoms with Gasteiger partial charge in [0, 0.05) is 16.6 Å². The van der Waals surface area contributed by atoms with Gasteiger partial charge in [-0.25, -0.2) is 4.79 Å². The molecule has 0 N–H and O–H groups in total. The average molecular weight is 495 g/mol. The lowest BCUT2D eigenvalue weighted by Gasteiger charge is -2.10. The standard InChI is InChI=1S/C25H19BrO6/c1-14-23(15-4-6-17(26)7-5-15)24(27)21-9-8-18(13-22(21)31-14)32-25(28)16-10-19(29-2)12-20(11-16)30-3/h4-13H,1-3H3. The fourth-order valence-electron chi connectivity index (χ4n) is 3.39. The molecule has 0 amide bonds. The van der Waals surface area contributed by atoms with E-state index in [2.05, 4.69) is 15.9 Å². The summed E-state index contributed by atoms with van der Waals surface area (Å²) in [5.41, 5.74) is 1.72. The highest BCUT2D eigenvalue weighted by atomic mass is 79.9. The van der Waals surface area contributed by atoms with Crippen molar-refractivity contribution in [3.63, 3.8) is 0 Å². The molecule has 0 unspecified atom stereocenters. The molecule has 0 saturated carbocycles. The van der Waals surface area contributed by atoms with Crippen LogP contribution in [0, 0.1) is 6.92 Å². The Hall–Kier alpha value is -3.58. The van der Waals surface area contributed by atoms with Gasteiger partial charge >= 0.3 is 5.97 Å². The van der Waals surface area contributed by atoms with Crippen LogP contribution in [-0.2, 0) is 0 Å². The highest BCUT2D eigenvalue weighted by Crippen LogP contribution is 2.28. The molecule has 1 aromatic heterocycles. The minimum absolute atomic E-state index is 0.151. The molecule has 7 heteroatoms. The van der Waals surface area contributed by atoms with E-state index < -0.39 is 5.97 Å². The van der Waals surface area contributed by atoms with Gasteiger partial charge in [-0.3, -0.25) is 4.79 Å². The van der Waals surface area contributed by atoms with Crippen LogP contribution >= 0.6 is 15.9 Å². The molecule has 3 aromatic carbocycles. The van der Waals surface area contributed by atoms with Crippen molar-refractivity contribution in [1.29, 1.82) is 0 Å². The van der Waals surface area contributed by atoms with Crippen molar-refractivity contribution >= 4 is 32.9 Å². The Morgan fingerprint density at radius 1 is 0.875 bits per heavy atom. The van der Waals surface area contributed by atoms with E-state index in [9.17, 15) is 9.59 Å². The van der Waals surface area contributed by atoms with Crippen molar-refractivity contribution in [2.45, 2.75) is 6.92 Å². The predicted molar refractivity (Wildman–Crippen MR) is 125 cm³/mol. The third-order valence-corrected chi connectivity index (χ3v) is 5.50. The average Bonchev–Trinajstić information content (AvgIpc) is 2.79.